The molecule has 2 N–H and O–H groups in total. The third-order valence-corrected chi connectivity index (χ3v) is 4.46. The van der Waals surface area contributed by atoms with Crippen molar-refractivity contribution in [1.82, 2.24) is 9.97 Å². The maximum Gasteiger partial charge on any atom is 0.224 e. The molecule has 0 atom stereocenters. The van der Waals surface area contributed by atoms with Crippen molar-refractivity contribution in [1.29, 1.82) is 0 Å². The fourth-order valence-electron chi connectivity index (χ4n) is 2.83. The first-order chi connectivity index (χ1) is 13.0. The molecule has 0 aliphatic carbocycles. The van der Waals surface area contributed by atoms with Gasteiger partial charge in [0.25, 0.3) is 0 Å². The fourth-order valence-corrected chi connectivity index (χ4v) is 2.83. The van der Waals surface area contributed by atoms with E-state index in [2.05, 4.69) is 58.7 Å². The zero-order valence-corrected chi connectivity index (χ0v) is 16.3. The molecule has 0 spiro atoms. The lowest BCUT2D eigenvalue weighted by Gasteiger charge is -2.11. The third-order valence-electron chi connectivity index (χ3n) is 4.46. The highest BCUT2D eigenvalue weighted by atomic mass is 16.5. The number of nitrogens with zero attached hydrogens (tertiary/aromatic N) is 2. The van der Waals surface area contributed by atoms with Crippen molar-refractivity contribution in [3.05, 3.63) is 70.9 Å². The number of ether oxygens (including phenoxy) is 1. The molecule has 0 saturated heterocycles. The van der Waals surface area contributed by atoms with Crippen LogP contribution < -0.4 is 15.4 Å². The number of benzene rings is 2. The van der Waals surface area contributed by atoms with Gasteiger partial charge in [0.1, 0.15) is 11.6 Å². The van der Waals surface area contributed by atoms with E-state index in [0.717, 1.165) is 35.9 Å². The number of nitrogens with one attached hydrogen (secondary N) is 2. The van der Waals surface area contributed by atoms with Gasteiger partial charge in [-0.25, -0.2) is 4.98 Å². The van der Waals surface area contributed by atoms with Crippen LogP contribution in [-0.4, -0.2) is 23.6 Å². The molecule has 0 amide bonds. The van der Waals surface area contributed by atoms with Crippen molar-refractivity contribution in [2.45, 2.75) is 27.2 Å². The van der Waals surface area contributed by atoms with E-state index in [4.69, 9.17) is 4.74 Å². The highest BCUT2D eigenvalue weighted by molar-refractivity contribution is 5.59. The molecule has 0 fully saturated rings. The molecule has 0 aliphatic heterocycles. The molecule has 0 radical (unpaired) electrons. The Labute approximate surface area is 160 Å². The van der Waals surface area contributed by atoms with Crippen LogP contribution in [0.15, 0.2) is 48.5 Å². The van der Waals surface area contributed by atoms with Crippen molar-refractivity contribution in [3.8, 4) is 5.75 Å². The number of rotatable bonds is 7. The third kappa shape index (κ3) is 5.20. The minimum absolute atomic E-state index is 0.629. The van der Waals surface area contributed by atoms with Crippen LogP contribution in [0.3, 0.4) is 0 Å². The Balaban J connectivity index is 1.64. The minimum Gasteiger partial charge on any atom is -0.497 e. The first kappa shape index (κ1) is 18.7. The van der Waals surface area contributed by atoms with Crippen molar-refractivity contribution < 1.29 is 4.74 Å². The van der Waals surface area contributed by atoms with Gasteiger partial charge < -0.3 is 15.4 Å². The number of anilines is 3. The SMILES string of the molecule is COc1cccc(CCNc2nc(C)cc(Nc3ccc(C)c(C)c3)n2)c1. The normalized spacial score (nSPS) is 10.5. The lowest BCUT2D eigenvalue weighted by Crippen LogP contribution is -2.09. The van der Waals surface area contributed by atoms with Gasteiger partial charge in [0, 0.05) is 24.0 Å². The maximum atomic E-state index is 5.27. The van der Waals surface area contributed by atoms with Gasteiger partial charge in [-0.2, -0.15) is 4.98 Å². The Kier molecular flexibility index (Phi) is 5.91. The molecule has 3 rings (SSSR count). The van der Waals surface area contributed by atoms with Crippen LogP contribution in [0.2, 0.25) is 0 Å². The summed E-state index contributed by atoms with van der Waals surface area (Å²) in [4.78, 5) is 9.07. The van der Waals surface area contributed by atoms with Crippen molar-refractivity contribution >= 4 is 17.5 Å². The van der Waals surface area contributed by atoms with Gasteiger partial charge >= 0.3 is 0 Å². The number of hydrogen-bond donors (Lipinski definition) is 2. The van der Waals surface area contributed by atoms with Gasteiger partial charge in [0.05, 0.1) is 7.11 Å². The predicted molar refractivity (Wildman–Crippen MR) is 111 cm³/mol. The van der Waals surface area contributed by atoms with Crippen molar-refractivity contribution in [2.24, 2.45) is 0 Å². The molecule has 2 aromatic carbocycles. The maximum absolute atomic E-state index is 5.27. The number of hydrogen-bond acceptors (Lipinski definition) is 5. The molecular formula is C22H26N4O. The van der Waals surface area contributed by atoms with Gasteiger partial charge in [-0.1, -0.05) is 18.2 Å². The van der Waals surface area contributed by atoms with Crippen LogP contribution in [0.4, 0.5) is 17.5 Å². The standard InChI is InChI=1S/C22H26N4O/c1-15-8-9-19(12-16(15)2)25-21-13-17(3)24-22(26-21)23-11-10-18-6-5-7-20(14-18)27-4/h5-9,12-14H,10-11H2,1-4H3,(H2,23,24,25,26). The van der Waals surface area contributed by atoms with E-state index in [1.165, 1.54) is 16.7 Å². The summed E-state index contributed by atoms with van der Waals surface area (Å²) in [6, 6.07) is 16.3. The van der Waals surface area contributed by atoms with Gasteiger partial charge in [-0.15, -0.1) is 0 Å². The lowest BCUT2D eigenvalue weighted by atomic mass is 10.1. The van der Waals surface area contributed by atoms with Crippen molar-refractivity contribution in [3.63, 3.8) is 0 Å². The van der Waals surface area contributed by atoms with E-state index in [1.54, 1.807) is 7.11 Å². The topological polar surface area (TPSA) is 59.1 Å². The van der Waals surface area contributed by atoms with E-state index < -0.39 is 0 Å². The van der Waals surface area contributed by atoms with Gasteiger partial charge in [-0.05, 0) is 68.1 Å². The Morgan fingerprint density at radius 1 is 0.926 bits per heavy atom. The monoisotopic (exact) mass is 362 g/mol. The summed E-state index contributed by atoms with van der Waals surface area (Å²) in [5, 5.41) is 6.68. The van der Waals surface area contributed by atoms with Crippen molar-refractivity contribution in [2.75, 3.05) is 24.3 Å². The van der Waals surface area contributed by atoms with Gasteiger partial charge in [0.15, 0.2) is 0 Å². The quantitative estimate of drug-likeness (QED) is 0.632. The summed E-state index contributed by atoms with van der Waals surface area (Å²) < 4.78 is 5.27. The van der Waals surface area contributed by atoms with Gasteiger partial charge in [0.2, 0.25) is 5.95 Å². The van der Waals surface area contributed by atoms with Crippen LogP contribution in [0, 0.1) is 20.8 Å². The average molecular weight is 362 g/mol. The van der Waals surface area contributed by atoms with E-state index in [0.29, 0.717) is 5.95 Å². The van der Waals surface area contributed by atoms with E-state index in [9.17, 15) is 0 Å². The molecular weight excluding hydrogens is 336 g/mol. The first-order valence-electron chi connectivity index (χ1n) is 9.10. The number of methoxy groups -OCH3 is 1. The molecule has 5 heteroatoms. The smallest absolute Gasteiger partial charge is 0.224 e. The summed E-state index contributed by atoms with van der Waals surface area (Å²) in [5.74, 6) is 2.29. The predicted octanol–water partition coefficient (Wildman–Crippen LogP) is 4.81. The summed E-state index contributed by atoms with van der Waals surface area (Å²) in [5.41, 5.74) is 5.68. The molecule has 0 saturated carbocycles. The number of aryl methyl sites for hydroxylation is 3. The van der Waals surface area contributed by atoms with Crippen LogP contribution in [0.25, 0.3) is 0 Å². The average Bonchev–Trinajstić information content (AvgIpc) is 2.64. The molecule has 0 bridgehead atoms. The number of aromatic nitrogens is 2. The van der Waals surface area contributed by atoms with E-state index >= 15 is 0 Å². The largest absolute Gasteiger partial charge is 0.497 e. The molecule has 0 aliphatic rings. The second kappa shape index (κ2) is 8.54. The Morgan fingerprint density at radius 2 is 1.78 bits per heavy atom. The zero-order valence-electron chi connectivity index (χ0n) is 16.3. The second-order valence-electron chi connectivity index (χ2n) is 6.67. The molecule has 27 heavy (non-hydrogen) atoms. The Hall–Kier alpha value is -3.08. The zero-order chi connectivity index (χ0) is 19.2. The van der Waals surface area contributed by atoms with E-state index in [1.807, 2.05) is 31.2 Å². The molecule has 0 unspecified atom stereocenters. The first-order valence-corrected chi connectivity index (χ1v) is 9.10. The van der Waals surface area contributed by atoms with Crippen LogP contribution in [-0.2, 0) is 6.42 Å². The highest BCUT2D eigenvalue weighted by Crippen LogP contribution is 2.20. The summed E-state index contributed by atoms with van der Waals surface area (Å²) in [6.45, 7) is 6.94. The Morgan fingerprint density at radius 3 is 2.56 bits per heavy atom. The second-order valence-corrected chi connectivity index (χ2v) is 6.67. The van der Waals surface area contributed by atoms with Gasteiger partial charge in [-0.3, -0.25) is 0 Å². The summed E-state index contributed by atoms with van der Waals surface area (Å²) >= 11 is 0. The molecule has 140 valence electrons. The summed E-state index contributed by atoms with van der Waals surface area (Å²) in [6.07, 6.45) is 0.869. The van der Waals surface area contributed by atoms with Crippen LogP contribution in [0.1, 0.15) is 22.4 Å². The minimum atomic E-state index is 0.629. The van der Waals surface area contributed by atoms with E-state index in [-0.39, 0.29) is 0 Å². The molecule has 1 heterocycles. The molecule has 1 aromatic heterocycles. The summed E-state index contributed by atoms with van der Waals surface area (Å²) in [7, 11) is 1.68. The molecule has 3 aromatic rings. The lowest BCUT2D eigenvalue weighted by molar-refractivity contribution is 0.414. The fraction of sp³-hybridized carbons (Fsp3) is 0.273. The highest BCUT2D eigenvalue weighted by Gasteiger charge is 2.04. The van der Waals surface area contributed by atoms with Crippen LogP contribution in [0.5, 0.6) is 5.75 Å². The molecule has 5 nitrogen and oxygen atoms in total. The Bertz CT molecular complexity index is 924. The van der Waals surface area contributed by atoms with Crippen LogP contribution >= 0.6 is 0 Å².